The van der Waals surface area contributed by atoms with Crippen LogP contribution < -0.4 is 10.9 Å². The van der Waals surface area contributed by atoms with E-state index in [0.717, 1.165) is 12.3 Å². The van der Waals surface area contributed by atoms with Crippen LogP contribution in [0.15, 0.2) is 64.6 Å². The second kappa shape index (κ2) is 8.30. The Kier molecular flexibility index (Phi) is 5.78. The van der Waals surface area contributed by atoms with Crippen molar-refractivity contribution in [1.29, 1.82) is 0 Å². The summed E-state index contributed by atoms with van der Waals surface area (Å²) in [4.78, 5) is 20.5. The lowest BCUT2D eigenvalue weighted by molar-refractivity contribution is -0.141. The summed E-state index contributed by atoms with van der Waals surface area (Å²) in [7, 11) is 0. The van der Waals surface area contributed by atoms with Gasteiger partial charge in [-0.3, -0.25) is 14.8 Å². The number of amidine groups is 1. The highest BCUT2D eigenvalue weighted by molar-refractivity contribution is 6.30. The highest BCUT2D eigenvalue weighted by Crippen LogP contribution is 2.39. The first-order valence-corrected chi connectivity index (χ1v) is 10.5. The summed E-state index contributed by atoms with van der Waals surface area (Å²) < 4.78 is 54.3. The Labute approximate surface area is 191 Å². The van der Waals surface area contributed by atoms with Gasteiger partial charge in [-0.1, -0.05) is 29.8 Å². The molecular formula is C23H19ClF4N4O. The van der Waals surface area contributed by atoms with Gasteiger partial charge in [-0.2, -0.15) is 13.2 Å². The molecule has 0 saturated carbocycles. The molecule has 0 spiro atoms. The van der Waals surface area contributed by atoms with Gasteiger partial charge in [-0.15, -0.1) is 0 Å². The number of alkyl halides is 3. The molecule has 4 rings (SSSR count). The maximum absolute atomic E-state index is 13.7. The number of pyridine rings is 2. The van der Waals surface area contributed by atoms with Crippen LogP contribution in [0.25, 0.3) is 0 Å². The van der Waals surface area contributed by atoms with Gasteiger partial charge in [-0.05, 0) is 43.7 Å². The zero-order chi connectivity index (χ0) is 24.0. The molecule has 0 saturated heterocycles. The predicted octanol–water partition coefficient (Wildman–Crippen LogP) is 4.76. The quantitative estimate of drug-likeness (QED) is 0.550. The van der Waals surface area contributed by atoms with Crippen molar-refractivity contribution in [3.05, 3.63) is 98.4 Å². The van der Waals surface area contributed by atoms with E-state index < -0.39 is 29.3 Å². The lowest BCUT2D eigenvalue weighted by Crippen LogP contribution is -2.48. The van der Waals surface area contributed by atoms with Crippen LogP contribution in [0.4, 0.5) is 17.6 Å². The normalized spacial score (nSPS) is 20.5. The molecule has 5 nitrogen and oxygen atoms in total. The monoisotopic (exact) mass is 478 g/mol. The fourth-order valence-corrected chi connectivity index (χ4v) is 4.25. The maximum Gasteiger partial charge on any atom is 0.433 e. The van der Waals surface area contributed by atoms with Crippen molar-refractivity contribution in [3.63, 3.8) is 0 Å². The molecule has 0 bridgehead atoms. The molecule has 3 aromatic rings. The Morgan fingerprint density at radius 3 is 2.39 bits per heavy atom. The first kappa shape index (κ1) is 23.0. The zero-order valence-corrected chi connectivity index (χ0v) is 18.4. The van der Waals surface area contributed by atoms with Gasteiger partial charge in [0.15, 0.2) is 0 Å². The van der Waals surface area contributed by atoms with E-state index in [1.807, 2.05) is 0 Å². The van der Waals surface area contributed by atoms with Crippen molar-refractivity contribution in [2.75, 3.05) is 0 Å². The lowest BCUT2D eigenvalue weighted by atomic mass is 9.79. The van der Waals surface area contributed by atoms with Gasteiger partial charge in [0.05, 0.1) is 6.04 Å². The molecule has 1 aliphatic heterocycles. The van der Waals surface area contributed by atoms with Crippen LogP contribution in [0.2, 0.25) is 5.02 Å². The number of hydrogen-bond donors (Lipinski definition) is 1. The fraction of sp³-hybridized carbons (Fsp3) is 0.261. The van der Waals surface area contributed by atoms with Crippen LogP contribution in [0.1, 0.15) is 36.2 Å². The minimum atomic E-state index is -4.58. The minimum Gasteiger partial charge on any atom is -0.354 e. The summed E-state index contributed by atoms with van der Waals surface area (Å²) in [5, 5.41) is 3.33. The third kappa shape index (κ3) is 4.01. The summed E-state index contributed by atoms with van der Waals surface area (Å²) in [5.74, 6) is -0.0520. The van der Waals surface area contributed by atoms with Crippen molar-refractivity contribution in [2.24, 2.45) is 4.99 Å². The second-order valence-electron chi connectivity index (χ2n) is 7.69. The Hall–Kier alpha value is -3.20. The summed E-state index contributed by atoms with van der Waals surface area (Å²) in [5.41, 5.74) is -0.938. The van der Waals surface area contributed by atoms with E-state index in [4.69, 9.17) is 16.6 Å². The van der Waals surface area contributed by atoms with Crippen molar-refractivity contribution in [2.45, 2.75) is 38.1 Å². The molecule has 2 atom stereocenters. The molecule has 0 amide bonds. The number of halogens is 5. The number of hydrogen-bond acceptors (Lipinski definition) is 4. The first-order chi connectivity index (χ1) is 15.6. The van der Waals surface area contributed by atoms with E-state index in [0.29, 0.717) is 29.1 Å². The topological polar surface area (TPSA) is 59.3 Å². The van der Waals surface area contributed by atoms with Crippen LogP contribution in [0.5, 0.6) is 0 Å². The van der Waals surface area contributed by atoms with E-state index in [-0.39, 0.29) is 10.6 Å². The summed E-state index contributed by atoms with van der Waals surface area (Å²) in [6.07, 6.45) is -1.82. The number of rotatable bonds is 4. The molecule has 172 valence electrons. The van der Waals surface area contributed by atoms with Gasteiger partial charge < -0.3 is 9.88 Å². The Morgan fingerprint density at radius 2 is 1.82 bits per heavy atom. The standard InChI is InChI=1S/C23H19ClF4N4O/c1-3-32-12-14(10-18(24)21(32)33)20-30-13(2)22(31-20,15-4-7-17(25)8-5-15)16-6-9-19(29-11-16)23(26,27)28/h4-13H,3H2,1-2H3,(H,30,31)/t13-,22+/m0/s1. The van der Waals surface area contributed by atoms with Gasteiger partial charge in [0.1, 0.15) is 27.9 Å². The number of aliphatic imine (C=N–C) groups is 1. The number of aromatic nitrogens is 2. The van der Waals surface area contributed by atoms with E-state index in [1.165, 1.54) is 28.8 Å². The van der Waals surface area contributed by atoms with Gasteiger partial charge in [-0.25, -0.2) is 4.39 Å². The first-order valence-electron chi connectivity index (χ1n) is 10.1. The van der Waals surface area contributed by atoms with Gasteiger partial charge in [0.2, 0.25) is 0 Å². The molecule has 0 fully saturated rings. The van der Waals surface area contributed by atoms with Crippen molar-refractivity contribution in [3.8, 4) is 0 Å². The number of nitrogens with one attached hydrogen (secondary N) is 1. The van der Waals surface area contributed by atoms with Crippen molar-refractivity contribution >= 4 is 17.4 Å². The summed E-state index contributed by atoms with van der Waals surface area (Å²) in [6.45, 7) is 3.98. The molecule has 0 radical (unpaired) electrons. The van der Waals surface area contributed by atoms with E-state index >= 15 is 0 Å². The molecule has 1 N–H and O–H groups in total. The molecule has 1 aliphatic rings. The van der Waals surface area contributed by atoms with Crippen LogP contribution in [0.3, 0.4) is 0 Å². The molecule has 10 heteroatoms. The Bertz CT molecular complexity index is 1270. The average Bonchev–Trinajstić information content (AvgIpc) is 3.13. The van der Waals surface area contributed by atoms with E-state index in [1.54, 1.807) is 32.2 Å². The van der Waals surface area contributed by atoms with Crippen LogP contribution in [0, 0.1) is 5.82 Å². The largest absolute Gasteiger partial charge is 0.433 e. The number of aryl methyl sites for hydroxylation is 1. The number of benzene rings is 1. The minimum absolute atomic E-state index is 0.0157. The fourth-order valence-electron chi connectivity index (χ4n) is 4.03. The Balaban J connectivity index is 1.85. The van der Waals surface area contributed by atoms with Gasteiger partial charge in [0.25, 0.3) is 5.56 Å². The van der Waals surface area contributed by atoms with Gasteiger partial charge >= 0.3 is 6.18 Å². The Morgan fingerprint density at radius 1 is 1.15 bits per heavy atom. The molecule has 33 heavy (non-hydrogen) atoms. The SMILES string of the molecule is CCn1cc(C2=N[C@@H](C)[C@@](c3ccc(F)cc3)(c3ccc(C(F)(F)F)nc3)N2)cc(Cl)c1=O. The average molecular weight is 479 g/mol. The van der Waals surface area contributed by atoms with Crippen LogP contribution in [-0.2, 0) is 18.3 Å². The lowest BCUT2D eigenvalue weighted by Gasteiger charge is -2.35. The third-order valence-electron chi connectivity index (χ3n) is 5.73. The number of nitrogens with zero attached hydrogens (tertiary/aromatic N) is 3. The van der Waals surface area contributed by atoms with Crippen LogP contribution >= 0.6 is 11.6 Å². The highest BCUT2D eigenvalue weighted by Gasteiger charge is 2.46. The predicted molar refractivity (Wildman–Crippen MR) is 117 cm³/mol. The molecule has 1 aromatic carbocycles. The maximum atomic E-state index is 13.7. The zero-order valence-electron chi connectivity index (χ0n) is 17.6. The summed E-state index contributed by atoms with van der Waals surface area (Å²) >= 11 is 6.12. The second-order valence-corrected chi connectivity index (χ2v) is 8.10. The third-order valence-corrected chi connectivity index (χ3v) is 6.00. The molecule has 3 heterocycles. The summed E-state index contributed by atoms with van der Waals surface area (Å²) in [6, 6.07) is 8.86. The van der Waals surface area contributed by atoms with E-state index in [9.17, 15) is 22.4 Å². The van der Waals surface area contributed by atoms with Crippen molar-refractivity contribution in [1.82, 2.24) is 14.9 Å². The molecule has 0 aliphatic carbocycles. The van der Waals surface area contributed by atoms with Crippen LogP contribution in [-0.4, -0.2) is 21.4 Å². The van der Waals surface area contributed by atoms with E-state index in [2.05, 4.69) is 10.3 Å². The van der Waals surface area contributed by atoms with Gasteiger partial charge in [0, 0.05) is 30.1 Å². The molecular weight excluding hydrogens is 460 g/mol. The molecule has 0 unspecified atom stereocenters. The van der Waals surface area contributed by atoms with Crippen molar-refractivity contribution < 1.29 is 17.6 Å². The highest BCUT2D eigenvalue weighted by atomic mass is 35.5. The molecule has 2 aromatic heterocycles. The smallest absolute Gasteiger partial charge is 0.354 e.